The van der Waals surface area contributed by atoms with Crippen LogP contribution < -0.4 is 5.32 Å². The summed E-state index contributed by atoms with van der Waals surface area (Å²) in [4.78, 5) is 21.6. The molecule has 0 unspecified atom stereocenters. The number of carbonyl (C=O) groups excluding carboxylic acids is 1. The van der Waals surface area contributed by atoms with E-state index in [1.54, 1.807) is 0 Å². The molecule has 0 aromatic heterocycles. The minimum atomic E-state index is -0.451. The van der Waals surface area contributed by atoms with Crippen LogP contribution in [0.15, 0.2) is 4.99 Å². The van der Waals surface area contributed by atoms with Crippen LogP contribution in [0.5, 0.6) is 0 Å². The maximum atomic E-state index is 12.8. The fraction of sp³-hybridized carbons (Fsp3) is 0.909. The van der Waals surface area contributed by atoms with Gasteiger partial charge in [0.2, 0.25) is 0 Å². The number of amides is 1. The summed E-state index contributed by atoms with van der Waals surface area (Å²) in [7, 11) is 1.84. The van der Waals surface area contributed by atoms with Crippen molar-refractivity contribution >= 4 is 36.0 Å². The molecule has 1 N–H and O–H groups in total. The molecule has 176 valence electrons. The Morgan fingerprint density at radius 1 is 1.17 bits per heavy atom. The van der Waals surface area contributed by atoms with E-state index < -0.39 is 5.60 Å². The summed E-state index contributed by atoms with van der Waals surface area (Å²) in [5, 5.41) is 3.47. The lowest BCUT2D eigenvalue weighted by molar-refractivity contribution is 0.00928. The summed E-state index contributed by atoms with van der Waals surface area (Å²) >= 11 is 0. The Bertz CT molecular complexity index is 527. The van der Waals surface area contributed by atoms with Gasteiger partial charge in [-0.3, -0.25) is 4.99 Å². The van der Waals surface area contributed by atoms with Crippen LogP contribution in [-0.2, 0) is 9.47 Å². The SMILES string of the molecule is CCOCCCCNC(=NC)N1CCC(N(CC2CC2)C(=O)OC(C)(C)C)CC1.I. The van der Waals surface area contributed by atoms with Crippen LogP contribution in [0.2, 0.25) is 0 Å². The van der Waals surface area contributed by atoms with Crippen LogP contribution in [0.4, 0.5) is 4.79 Å². The number of hydrogen-bond acceptors (Lipinski definition) is 4. The molecule has 0 atom stereocenters. The molecule has 2 aliphatic rings. The Balaban J connectivity index is 0.00000450. The number of rotatable bonds is 9. The number of guanidine groups is 1. The van der Waals surface area contributed by atoms with Crippen molar-refractivity contribution in [2.24, 2.45) is 10.9 Å². The highest BCUT2D eigenvalue weighted by molar-refractivity contribution is 14.0. The van der Waals surface area contributed by atoms with Crippen molar-refractivity contribution in [3.05, 3.63) is 0 Å². The van der Waals surface area contributed by atoms with Gasteiger partial charge in [-0.2, -0.15) is 0 Å². The molecule has 2 fully saturated rings. The molecule has 1 aliphatic carbocycles. The van der Waals surface area contributed by atoms with Crippen molar-refractivity contribution < 1.29 is 14.3 Å². The number of nitrogens with one attached hydrogen (secondary N) is 1. The van der Waals surface area contributed by atoms with Crippen molar-refractivity contribution in [1.82, 2.24) is 15.1 Å². The van der Waals surface area contributed by atoms with E-state index in [1.165, 1.54) is 12.8 Å². The minimum absolute atomic E-state index is 0. The summed E-state index contributed by atoms with van der Waals surface area (Å²) in [6.07, 6.45) is 6.36. The summed E-state index contributed by atoms with van der Waals surface area (Å²) in [5.74, 6) is 1.62. The van der Waals surface area contributed by atoms with Gasteiger partial charge in [0.15, 0.2) is 5.96 Å². The monoisotopic (exact) mass is 538 g/mol. The topological polar surface area (TPSA) is 66.4 Å². The number of hydrogen-bond donors (Lipinski definition) is 1. The second kappa shape index (κ2) is 13.6. The maximum Gasteiger partial charge on any atom is 0.410 e. The molecule has 1 amide bonds. The zero-order chi connectivity index (χ0) is 21.3. The second-order valence-corrected chi connectivity index (χ2v) is 9.17. The normalized spacial score (nSPS) is 18.0. The van der Waals surface area contributed by atoms with Crippen LogP contribution in [0.25, 0.3) is 0 Å². The predicted octanol–water partition coefficient (Wildman–Crippen LogP) is 4.11. The van der Waals surface area contributed by atoms with Crippen molar-refractivity contribution in [1.29, 1.82) is 0 Å². The summed E-state index contributed by atoms with van der Waals surface area (Å²) in [6.45, 7) is 13.0. The first-order chi connectivity index (χ1) is 13.8. The van der Waals surface area contributed by atoms with E-state index in [9.17, 15) is 4.79 Å². The van der Waals surface area contributed by atoms with Gasteiger partial charge in [0.25, 0.3) is 0 Å². The van der Waals surface area contributed by atoms with Crippen molar-refractivity contribution in [3.8, 4) is 0 Å². The molecule has 0 aromatic carbocycles. The van der Waals surface area contributed by atoms with Gasteiger partial charge in [-0.1, -0.05) is 0 Å². The van der Waals surface area contributed by atoms with Gasteiger partial charge < -0.3 is 24.6 Å². The van der Waals surface area contributed by atoms with E-state index in [0.29, 0.717) is 5.92 Å². The lowest BCUT2D eigenvalue weighted by atomic mass is 10.0. The third kappa shape index (κ3) is 10.0. The zero-order valence-corrected chi connectivity index (χ0v) is 21.9. The molecule has 2 rings (SSSR count). The Hall–Kier alpha value is -0.770. The van der Waals surface area contributed by atoms with Crippen molar-refractivity contribution in [2.75, 3.05) is 46.4 Å². The van der Waals surface area contributed by atoms with Crippen LogP contribution in [0.1, 0.15) is 66.2 Å². The third-order valence-corrected chi connectivity index (χ3v) is 5.40. The molecular formula is C22H43IN4O3. The van der Waals surface area contributed by atoms with Gasteiger partial charge in [-0.15, -0.1) is 24.0 Å². The smallest absolute Gasteiger partial charge is 0.410 e. The summed E-state index contributed by atoms with van der Waals surface area (Å²) in [5.41, 5.74) is -0.451. The maximum absolute atomic E-state index is 12.8. The average Bonchev–Trinajstić information content (AvgIpc) is 3.49. The molecule has 8 heteroatoms. The number of halogens is 1. The van der Waals surface area contributed by atoms with Crippen LogP contribution in [-0.4, -0.2) is 79.9 Å². The minimum Gasteiger partial charge on any atom is -0.444 e. The highest BCUT2D eigenvalue weighted by atomic mass is 127. The third-order valence-electron chi connectivity index (χ3n) is 5.40. The molecule has 0 aromatic rings. The molecule has 0 spiro atoms. The molecule has 1 heterocycles. The van der Waals surface area contributed by atoms with E-state index in [-0.39, 0.29) is 36.1 Å². The largest absolute Gasteiger partial charge is 0.444 e. The number of ether oxygens (including phenoxy) is 2. The van der Waals surface area contributed by atoms with E-state index in [4.69, 9.17) is 9.47 Å². The Morgan fingerprint density at radius 3 is 2.37 bits per heavy atom. The molecule has 0 radical (unpaired) electrons. The quantitative estimate of drug-likeness (QED) is 0.207. The average molecular weight is 539 g/mol. The molecule has 1 saturated carbocycles. The number of nitrogens with zero attached hydrogens (tertiary/aromatic N) is 3. The van der Waals surface area contributed by atoms with Crippen LogP contribution in [0.3, 0.4) is 0 Å². The first kappa shape index (κ1) is 27.3. The number of unbranched alkanes of at least 4 members (excludes halogenated alkanes) is 1. The molecule has 1 saturated heterocycles. The lowest BCUT2D eigenvalue weighted by Crippen LogP contribution is -2.52. The van der Waals surface area contributed by atoms with Gasteiger partial charge in [0.05, 0.1) is 0 Å². The van der Waals surface area contributed by atoms with Crippen LogP contribution in [0, 0.1) is 5.92 Å². The highest BCUT2D eigenvalue weighted by Crippen LogP contribution is 2.32. The van der Waals surface area contributed by atoms with E-state index in [0.717, 1.165) is 71.0 Å². The Morgan fingerprint density at radius 2 is 1.83 bits per heavy atom. The second-order valence-electron chi connectivity index (χ2n) is 9.17. The Labute approximate surface area is 200 Å². The van der Waals surface area contributed by atoms with Gasteiger partial charge in [0, 0.05) is 52.5 Å². The molecule has 1 aliphatic heterocycles. The van der Waals surface area contributed by atoms with E-state index >= 15 is 0 Å². The molecule has 30 heavy (non-hydrogen) atoms. The summed E-state index contributed by atoms with van der Waals surface area (Å²) in [6, 6.07) is 0.256. The van der Waals surface area contributed by atoms with Crippen molar-refractivity contribution in [2.45, 2.75) is 77.9 Å². The van der Waals surface area contributed by atoms with Crippen LogP contribution >= 0.6 is 24.0 Å². The Kier molecular flexibility index (Phi) is 12.4. The van der Waals surface area contributed by atoms with E-state index in [1.807, 2.05) is 39.6 Å². The van der Waals surface area contributed by atoms with E-state index in [2.05, 4.69) is 15.2 Å². The number of piperidine rings is 1. The van der Waals surface area contributed by atoms with Gasteiger partial charge in [-0.05, 0) is 72.1 Å². The molecule has 7 nitrogen and oxygen atoms in total. The van der Waals surface area contributed by atoms with Gasteiger partial charge >= 0.3 is 6.09 Å². The first-order valence-corrected chi connectivity index (χ1v) is 11.4. The number of likely N-dealkylation sites (tertiary alicyclic amines) is 1. The summed E-state index contributed by atoms with van der Waals surface area (Å²) < 4.78 is 11.1. The standard InChI is InChI=1S/C22H42N4O3.HI/c1-6-28-16-8-7-13-24-20(23-5)25-14-11-19(12-15-25)26(17-18-9-10-18)21(27)29-22(2,3)4;/h18-19H,6-17H2,1-5H3,(H,23,24);1H. The fourth-order valence-corrected chi connectivity index (χ4v) is 3.67. The first-order valence-electron chi connectivity index (χ1n) is 11.4. The molecular weight excluding hydrogens is 495 g/mol. The van der Waals surface area contributed by atoms with Gasteiger partial charge in [-0.25, -0.2) is 4.79 Å². The predicted molar refractivity (Wildman–Crippen MR) is 133 cm³/mol. The zero-order valence-electron chi connectivity index (χ0n) is 19.6. The van der Waals surface area contributed by atoms with Crippen molar-refractivity contribution in [3.63, 3.8) is 0 Å². The van der Waals surface area contributed by atoms with Gasteiger partial charge in [0.1, 0.15) is 5.60 Å². The fourth-order valence-electron chi connectivity index (χ4n) is 3.67. The molecule has 0 bridgehead atoms. The number of aliphatic imine (C=N–C) groups is 1. The highest BCUT2D eigenvalue weighted by Gasteiger charge is 2.35. The number of carbonyl (C=O) groups is 1. The lowest BCUT2D eigenvalue weighted by Gasteiger charge is -2.40.